The molecule has 29 heavy (non-hydrogen) atoms. The molecule has 4 rings (SSSR count). The van der Waals surface area contributed by atoms with Crippen molar-refractivity contribution in [3.05, 3.63) is 73.1 Å². The maximum absolute atomic E-state index is 12.9. The molecule has 0 radical (unpaired) electrons. The molecule has 1 unspecified atom stereocenters. The van der Waals surface area contributed by atoms with E-state index in [-0.39, 0.29) is 11.9 Å². The molecule has 0 bridgehead atoms. The summed E-state index contributed by atoms with van der Waals surface area (Å²) in [5.74, 6) is 1.38. The zero-order valence-electron chi connectivity index (χ0n) is 16.1. The molecule has 0 aliphatic carbocycles. The molecule has 7 heteroatoms. The van der Waals surface area contributed by atoms with Crippen LogP contribution in [0.5, 0.6) is 11.5 Å². The van der Waals surface area contributed by atoms with Gasteiger partial charge in [0.25, 0.3) is 0 Å². The van der Waals surface area contributed by atoms with Crippen LogP contribution in [0.3, 0.4) is 0 Å². The standard InChI is InChI=1S/C22H23N5O2/c28-22(21-5-1-2-11-27(21)15-17-12-24-16-25-13-17)26-18-6-8-19(9-7-18)29-20-4-3-10-23-14-20/h3-4,6-10,12-14,16,21H,1-2,5,11,15H2,(H,26,28). The Hall–Kier alpha value is -3.32. The Morgan fingerprint density at radius 1 is 1.03 bits per heavy atom. The van der Waals surface area contributed by atoms with Gasteiger partial charge in [0.05, 0.1) is 12.2 Å². The summed E-state index contributed by atoms with van der Waals surface area (Å²) < 4.78 is 5.74. The number of hydrogen-bond acceptors (Lipinski definition) is 6. The fourth-order valence-electron chi connectivity index (χ4n) is 3.50. The molecule has 3 aromatic rings. The first-order valence-electron chi connectivity index (χ1n) is 9.75. The van der Waals surface area contributed by atoms with Gasteiger partial charge in [-0.3, -0.25) is 14.7 Å². The van der Waals surface area contributed by atoms with E-state index < -0.39 is 0 Å². The van der Waals surface area contributed by atoms with Crippen LogP contribution in [0.15, 0.2) is 67.5 Å². The highest BCUT2D eigenvalue weighted by molar-refractivity contribution is 5.94. The van der Waals surface area contributed by atoms with E-state index >= 15 is 0 Å². The van der Waals surface area contributed by atoms with E-state index in [0.29, 0.717) is 18.0 Å². The zero-order valence-corrected chi connectivity index (χ0v) is 16.1. The average Bonchev–Trinajstić information content (AvgIpc) is 2.77. The number of amides is 1. The van der Waals surface area contributed by atoms with Gasteiger partial charge in [0.1, 0.15) is 17.8 Å². The molecule has 1 aliphatic heterocycles. The van der Waals surface area contributed by atoms with Crippen LogP contribution in [0.25, 0.3) is 0 Å². The van der Waals surface area contributed by atoms with Crippen LogP contribution in [0.2, 0.25) is 0 Å². The highest BCUT2D eigenvalue weighted by Gasteiger charge is 2.28. The predicted octanol–water partition coefficient (Wildman–Crippen LogP) is 3.66. The Bertz CT molecular complexity index is 919. The first-order valence-corrected chi connectivity index (χ1v) is 9.75. The third-order valence-electron chi connectivity index (χ3n) is 4.91. The first-order chi connectivity index (χ1) is 14.3. The van der Waals surface area contributed by atoms with Crippen molar-refractivity contribution in [2.45, 2.75) is 31.8 Å². The minimum Gasteiger partial charge on any atom is -0.456 e. The molecule has 0 saturated carbocycles. The van der Waals surface area contributed by atoms with Crippen LogP contribution < -0.4 is 10.1 Å². The van der Waals surface area contributed by atoms with Crippen molar-refractivity contribution in [3.8, 4) is 11.5 Å². The van der Waals surface area contributed by atoms with E-state index in [9.17, 15) is 4.79 Å². The minimum absolute atomic E-state index is 0.0162. The van der Waals surface area contributed by atoms with Crippen LogP contribution in [0.1, 0.15) is 24.8 Å². The van der Waals surface area contributed by atoms with Gasteiger partial charge < -0.3 is 10.1 Å². The molecule has 1 aromatic carbocycles. The van der Waals surface area contributed by atoms with Gasteiger partial charge in [0.2, 0.25) is 5.91 Å². The lowest BCUT2D eigenvalue weighted by Crippen LogP contribution is -2.46. The largest absolute Gasteiger partial charge is 0.456 e. The van der Waals surface area contributed by atoms with Crippen LogP contribution in [0, 0.1) is 0 Å². The maximum Gasteiger partial charge on any atom is 0.241 e. The van der Waals surface area contributed by atoms with Crippen LogP contribution in [-0.4, -0.2) is 38.3 Å². The van der Waals surface area contributed by atoms with Crippen molar-refractivity contribution in [3.63, 3.8) is 0 Å². The van der Waals surface area contributed by atoms with Gasteiger partial charge in [-0.2, -0.15) is 0 Å². The number of carbonyl (C=O) groups excluding carboxylic acids is 1. The number of carbonyl (C=O) groups is 1. The maximum atomic E-state index is 12.9. The Morgan fingerprint density at radius 2 is 1.86 bits per heavy atom. The highest BCUT2D eigenvalue weighted by Crippen LogP contribution is 2.24. The SMILES string of the molecule is O=C(Nc1ccc(Oc2cccnc2)cc1)C1CCCCN1Cc1cncnc1. The van der Waals surface area contributed by atoms with E-state index in [0.717, 1.165) is 37.1 Å². The van der Waals surface area contributed by atoms with Crippen LogP contribution in [0.4, 0.5) is 5.69 Å². The third kappa shape index (κ3) is 5.14. The number of rotatable bonds is 6. The molecule has 7 nitrogen and oxygen atoms in total. The summed E-state index contributed by atoms with van der Waals surface area (Å²) in [6, 6.07) is 10.9. The number of benzene rings is 1. The van der Waals surface area contributed by atoms with Gasteiger partial charge in [0.15, 0.2) is 0 Å². The smallest absolute Gasteiger partial charge is 0.241 e. The molecule has 1 fully saturated rings. The monoisotopic (exact) mass is 389 g/mol. The molecule has 1 N–H and O–H groups in total. The van der Waals surface area contributed by atoms with Gasteiger partial charge in [-0.25, -0.2) is 9.97 Å². The quantitative estimate of drug-likeness (QED) is 0.693. The van der Waals surface area contributed by atoms with Crippen LogP contribution >= 0.6 is 0 Å². The second-order valence-electron chi connectivity index (χ2n) is 7.03. The molecule has 1 aliphatic rings. The molecular formula is C22H23N5O2. The van der Waals surface area contributed by atoms with Gasteiger partial charge in [-0.05, 0) is 55.8 Å². The summed E-state index contributed by atoms with van der Waals surface area (Å²) >= 11 is 0. The van der Waals surface area contributed by atoms with Gasteiger partial charge in [0, 0.05) is 36.4 Å². The van der Waals surface area contributed by atoms with Crippen molar-refractivity contribution in [1.29, 1.82) is 0 Å². The van der Waals surface area contributed by atoms with Gasteiger partial charge in [-0.1, -0.05) is 6.42 Å². The summed E-state index contributed by atoms with van der Waals surface area (Å²) in [6.07, 6.45) is 11.5. The second kappa shape index (κ2) is 9.25. The minimum atomic E-state index is -0.157. The van der Waals surface area contributed by atoms with Crippen molar-refractivity contribution in [2.24, 2.45) is 0 Å². The van der Waals surface area contributed by atoms with E-state index in [1.807, 2.05) is 36.4 Å². The number of aromatic nitrogens is 3. The number of pyridine rings is 1. The number of nitrogens with zero attached hydrogens (tertiary/aromatic N) is 4. The summed E-state index contributed by atoms with van der Waals surface area (Å²) in [5, 5.41) is 3.04. The van der Waals surface area contributed by atoms with Crippen molar-refractivity contribution < 1.29 is 9.53 Å². The Balaban J connectivity index is 1.38. The number of hydrogen-bond donors (Lipinski definition) is 1. The van der Waals surface area contributed by atoms with E-state index in [2.05, 4.69) is 25.2 Å². The number of anilines is 1. The average molecular weight is 389 g/mol. The first kappa shape index (κ1) is 19.0. The molecule has 148 valence electrons. The molecule has 0 spiro atoms. The summed E-state index contributed by atoms with van der Waals surface area (Å²) in [7, 11) is 0. The predicted molar refractivity (Wildman–Crippen MR) is 109 cm³/mol. The fraction of sp³-hybridized carbons (Fsp3) is 0.273. The summed E-state index contributed by atoms with van der Waals surface area (Å²) in [4.78, 5) is 27.3. The van der Waals surface area contributed by atoms with Gasteiger partial charge in [-0.15, -0.1) is 0 Å². The molecule has 1 saturated heterocycles. The van der Waals surface area contributed by atoms with Crippen molar-refractivity contribution in [1.82, 2.24) is 19.9 Å². The lowest BCUT2D eigenvalue weighted by Gasteiger charge is -2.34. The number of likely N-dealkylation sites (tertiary alicyclic amines) is 1. The van der Waals surface area contributed by atoms with Gasteiger partial charge >= 0.3 is 0 Å². The van der Waals surface area contributed by atoms with E-state index in [1.165, 1.54) is 6.33 Å². The molecule has 3 heterocycles. The molecular weight excluding hydrogens is 366 g/mol. The van der Waals surface area contributed by atoms with E-state index in [4.69, 9.17) is 4.74 Å². The number of nitrogens with one attached hydrogen (secondary N) is 1. The summed E-state index contributed by atoms with van der Waals surface area (Å²) in [6.45, 7) is 1.57. The van der Waals surface area contributed by atoms with Crippen molar-refractivity contribution in [2.75, 3.05) is 11.9 Å². The van der Waals surface area contributed by atoms with E-state index in [1.54, 1.807) is 24.8 Å². The molecule has 1 amide bonds. The topological polar surface area (TPSA) is 80.2 Å². The molecule has 1 atom stereocenters. The zero-order chi connectivity index (χ0) is 19.9. The lowest BCUT2D eigenvalue weighted by atomic mass is 10.0. The molecule has 2 aromatic heterocycles. The van der Waals surface area contributed by atoms with Crippen LogP contribution in [-0.2, 0) is 11.3 Å². The fourth-order valence-corrected chi connectivity index (χ4v) is 3.50. The normalized spacial score (nSPS) is 16.9. The third-order valence-corrected chi connectivity index (χ3v) is 4.91. The number of ether oxygens (including phenoxy) is 1. The second-order valence-corrected chi connectivity index (χ2v) is 7.03. The highest BCUT2D eigenvalue weighted by atomic mass is 16.5. The Morgan fingerprint density at radius 3 is 2.62 bits per heavy atom. The van der Waals surface area contributed by atoms with Crippen molar-refractivity contribution >= 4 is 11.6 Å². The Kier molecular flexibility index (Phi) is 6.07. The summed E-state index contributed by atoms with van der Waals surface area (Å²) in [5.41, 5.74) is 1.77. The Labute approximate surface area is 169 Å². The lowest BCUT2D eigenvalue weighted by molar-refractivity contribution is -0.122. The number of piperidine rings is 1.